The molecular formula is C9H10N4O2S. The van der Waals surface area contributed by atoms with Crippen molar-refractivity contribution in [3.63, 3.8) is 0 Å². The molecule has 2 N–H and O–H groups in total. The summed E-state index contributed by atoms with van der Waals surface area (Å²) >= 11 is 1.27. The van der Waals surface area contributed by atoms with Gasteiger partial charge in [-0.2, -0.15) is 5.10 Å². The highest BCUT2D eigenvalue weighted by atomic mass is 32.1. The summed E-state index contributed by atoms with van der Waals surface area (Å²) in [6.07, 6.45) is 1.84. The molecule has 0 unspecified atom stereocenters. The fraction of sp³-hybridized carbons (Fsp3) is 0.222. The van der Waals surface area contributed by atoms with Gasteiger partial charge < -0.3 is 10.4 Å². The molecule has 6 nitrogen and oxygen atoms in total. The number of carboxylic acid groups (broad SMARTS) is 1. The second-order valence-corrected chi connectivity index (χ2v) is 4.02. The molecule has 84 valence electrons. The second-order valence-electron chi connectivity index (χ2n) is 3.17. The van der Waals surface area contributed by atoms with Crippen molar-refractivity contribution in [1.82, 2.24) is 14.8 Å². The Balaban J connectivity index is 2.04. The number of aryl methyl sites for hydroxylation is 1. The van der Waals surface area contributed by atoms with Crippen LogP contribution in [0, 0.1) is 0 Å². The van der Waals surface area contributed by atoms with E-state index in [-0.39, 0.29) is 5.69 Å². The summed E-state index contributed by atoms with van der Waals surface area (Å²) in [7, 11) is 1.83. The molecular weight excluding hydrogens is 228 g/mol. The molecule has 0 aliphatic rings. The van der Waals surface area contributed by atoms with Crippen LogP contribution in [0.25, 0.3) is 0 Å². The van der Waals surface area contributed by atoms with E-state index in [0.717, 1.165) is 5.69 Å². The molecule has 0 atom stereocenters. The Morgan fingerprint density at radius 1 is 1.69 bits per heavy atom. The van der Waals surface area contributed by atoms with Crippen LogP contribution in [0.3, 0.4) is 0 Å². The maximum absolute atomic E-state index is 10.8. The van der Waals surface area contributed by atoms with Gasteiger partial charge in [0.1, 0.15) is 5.00 Å². The Labute approximate surface area is 95.6 Å². The van der Waals surface area contributed by atoms with Crippen LogP contribution in [0.15, 0.2) is 17.8 Å². The zero-order valence-corrected chi connectivity index (χ0v) is 9.36. The predicted molar refractivity (Wildman–Crippen MR) is 59.6 cm³/mol. The molecule has 0 amide bonds. The van der Waals surface area contributed by atoms with E-state index in [4.69, 9.17) is 5.11 Å². The smallest absolute Gasteiger partial charge is 0.357 e. The minimum absolute atomic E-state index is 0.0564. The number of hydrogen-bond acceptors (Lipinski definition) is 5. The molecule has 0 spiro atoms. The number of aromatic nitrogens is 3. The number of thiazole rings is 1. The van der Waals surface area contributed by atoms with Crippen LogP contribution in [-0.4, -0.2) is 25.8 Å². The van der Waals surface area contributed by atoms with E-state index in [1.807, 2.05) is 19.3 Å². The molecule has 0 saturated heterocycles. The Kier molecular flexibility index (Phi) is 2.86. The van der Waals surface area contributed by atoms with Crippen LogP contribution in [0.5, 0.6) is 0 Å². The molecule has 2 heterocycles. The van der Waals surface area contributed by atoms with Crippen molar-refractivity contribution in [2.45, 2.75) is 6.54 Å². The van der Waals surface area contributed by atoms with E-state index in [1.54, 1.807) is 4.68 Å². The third kappa shape index (κ3) is 2.19. The third-order valence-electron chi connectivity index (χ3n) is 1.97. The highest BCUT2D eigenvalue weighted by molar-refractivity contribution is 7.14. The van der Waals surface area contributed by atoms with E-state index in [0.29, 0.717) is 11.5 Å². The number of anilines is 1. The molecule has 0 aliphatic heterocycles. The Bertz CT molecular complexity index is 505. The lowest BCUT2D eigenvalue weighted by Crippen LogP contribution is -2.05. The van der Waals surface area contributed by atoms with Crippen molar-refractivity contribution >= 4 is 22.3 Å². The molecule has 2 aromatic rings. The highest BCUT2D eigenvalue weighted by Crippen LogP contribution is 2.20. The Hall–Kier alpha value is -1.89. The lowest BCUT2D eigenvalue weighted by molar-refractivity contribution is 0.0692. The van der Waals surface area contributed by atoms with Crippen LogP contribution in [0.1, 0.15) is 16.2 Å². The Morgan fingerprint density at radius 3 is 3.12 bits per heavy atom. The quantitative estimate of drug-likeness (QED) is 0.836. The first-order chi connectivity index (χ1) is 7.66. The van der Waals surface area contributed by atoms with E-state index < -0.39 is 5.97 Å². The summed E-state index contributed by atoms with van der Waals surface area (Å²) in [6, 6.07) is 1.87. The zero-order valence-electron chi connectivity index (χ0n) is 8.54. The molecule has 0 bridgehead atoms. The molecule has 16 heavy (non-hydrogen) atoms. The van der Waals surface area contributed by atoms with E-state index >= 15 is 0 Å². The lowest BCUT2D eigenvalue weighted by atomic mass is 10.4. The average Bonchev–Trinajstić information content (AvgIpc) is 2.83. The van der Waals surface area contributed by atoms with Crippen LogP contribution >= 0.6 is 11.3 Å². The first kappa shape index (κ1) is 10.6. The first-order valence-electron chi connectivity index (χ1n) is 4.56. The van der Waals surface area contributed by atoms with Crippen molar-refractivity contribution in [2.24, 2.45) is 7.05 Å². The van der Waals surface area contributed by atoms with Gasteiger partial charge in [-0.25, -0.2) is 9.78 Å². The average molecular weight is 238 g/mol. The molecule has 2 aromatic heterocycles. The van der Waals surface area contributed by atoms with Crippen molar-refractivity contribution < 1.29 is 9.90 Å². The van der Waals surface area contributed by atoms with Gasteiger partial charge in [-0.3, -0.25) is 4.68 Å². The fourth-order valence-corrected chi connectivity index (χ4v) is 1.92. The van der Waals surface area contributed by atoms with Crippen LogP contribution in [0.4, 0.5) is 5.00 Å². The summed E-state index contributed by atoms with van der Waals surface area (Å²) in [5, 5.41) is 16.6. The topological polar surface area (TPSA) is 80.0 Å². The zero-order chi connectivity index (χ0) is 11.5. The molecule has 0 aromatic carbocycles. The van der Waals surface area contributed by atoms with Crippen molar-refractivity contribution in [3.8, 4) is 0 Å². The third-order valence-corrected chi connectivity index (χ3v) is 2.75. The van der Waals surface area contributed by atoms with E-state index in [9.17, 15) is 4.79 Å². The molecule has 2 rings (SSSR count). The minimum atomic E-state index is -1.02. The monoisotopic (exact) mass is 238 g/mol. The predicted octanol–water partition coefficient (Wildman–Crippen LogP) is 1.19. The second kappa shape index (κ2) is 4.31. The van der Waals surface area contributed by atoms with Gasteiger partial charge in [0.25, 0.3) is 0 Å². The van der Waals surface area contributed by atoms with Crippen LogP contribution in [0.2, 0.25) is 0 Å². The fourth-order valence-electron chi connectivity index (χ4n) is 1.25. The molecule has 0 radical (unpaired) electrons. The summed E-state index contributed by atoms with van der Waals surface area (Å²) in [4.78, 5) is 14.5. The molecule has 0 fully saturated rings. The number of nitrogens with one attached hydrogen (secondary N) is 1. The van der Waals surface area contributed by atoms with Crippen molar-refractivity contribution in [2.75, 3.05) is 5.32 Å². The Morgan fingerprint density at radius 2 is 2.50 bits per heavy atom. The number of carboxylic acids is 1. The van der Waals surface area contributed by atoms with Gasteiger partial charge in [0, 0.05) is 13.2 Å². The van der Waals surface area contributed by atoms with Gasteiger partial charge in [0.2, 0.25) is 0 Å². The van der Waals surface area contributed by atoms with Gasteiger partial charge in [-0.05, 0) is 6.07 Å². The largest absolute Gasteiger partial charge is 0.476 e. The van der Waals surface area contributed by atoms with Gasteiger partial charge in [0.15, 0.2) is 5.69 Å². The van der Waals surface area contributed by atoms with E-state index in [2.05, 4.69) is 15.4 Å². The maximum Gasteiger partial charge on any atom is 0.357 e. The van der Waals surface area contributed by atoms with Gasteiger partial charge in [-0.1, -0.05) is 0 Å². The first-order valence-corrected chi connectivity index (χ1v) is 5.44. The number of carbonyl (C=O) groups is 1. The summed E-state index contributed by atoms with van der Waals surface area (Å²) < 4.78 is 1.70. The summed E-state index contributed by atoms with van der Waals surface area (Å²) in [5.74, 6) is -1.02. The molecule has 7 heteroatoms. The number of rotatable bonds is 4. The maximum atomic E-state index is 10.8. The van der Waals surface area contributed by atoms with Crippen LogP contribution in [-0.2, 0) is 13.6 Å². The standard InChI is InChI=1S/C9H10N4O2S/c1-13-3-2-6(12-13)4-10-8-7(9(14)15)11-5-16-8/h2-3,5,10H,4H2,1H3,(H,14,15). The summed E-state index contributed by atoms with van der Waals surface area (Å²) in [5.41, 5.74) is 2.41. The SMILES string of the molecule is Cn1ccc(CNc2scnc2C(=O)O)n1. The highest BCUT2D eigenvalue weighted by Gasteiger charge is 2.13. The van der Waals surface area contributed by atoms with Crippen molar-refractivity contribution in [1.29, 1.82) is 0 Å². The van der Waals surface area contributed by atoms with E-state index in [1.165, 1.54) is 16.8 Å². The van der Waals surface area contributed by atoms with Gasteiger partial charge in [-0.15, -0.1) is 11.3 Å². The van der Waals surface area contributed by atoms with Crippen LogP contribution < -0.4 is 5.32 Å². The minimum Gasteiger partial charge on any atom is -0.476 e. The normalized spacial score (nSPS) is 10.3. The number of aromatic carboxylic acids is 1. The number of hydrogen-bond donors (Lipinski definition) is 2. The molecule has 0 aliphatic carbocycles. The lowest BCUT2D eigenvalue weighted by Gasteiger charge is -2.01. The van der Waals surface area contributed by atoms with Gasteiger partial charge >= 0.3 is 5.97 Å². The summed E-state index contributed by atoms with van der Waals surface area (Å²) in [6.45, 7) is 0.489. The van der Waals surface area contributed by atoms with Gasteiger partial charge in [0.05, 0.1) is 17.7 Å². The number of nitrogens with zero attached hydrogens (tertiary/aromatic N) is 3. The van der Waals surface area contributed by atoms with Crippen molar-refractivity contribution in [3.05, 3.63) is 29.2 Å². The molecule has 0 saturated carbocycles.